The summed E-state index contributed by atoms with van der Waals surface area (Å²) in [6.07, 6.45) is 2.05. The third kappa shape index (κ3) is 0.448. The van der Waals surface area contributed by atoms with Gasteiger partial charge in [0.05, 0.1) is 25.3 Å². The maximum absolute atomic E-state index is 5.10. The second-order valence-corrected chi connectivity index (χ2v) is 2.10. The van der Waals surface area contributed by atoms with Crippen LogP contribution < -0.4 is 0 Å². The van der Waals surface area contributed by atoms with E-state index in [0.29, 0.717) is 12.5 Å². The van der Waals surface area contributed by atoms with Gasteiger partial charge in [-0.15, -0.1) is 0 Å². The smallest absolute Gasteiger partial charge is 0.160 e. The fraction of sp³-hybridized carbons (Fsp3) is 0.800. The van der Waals surface area contributed by atoms with Gasteiger partial charge < -0.3 is 9.57 Å². The van der Waals surface area contributed by atoms with E-state index in [9.17, 15) is 0 Å². The standard InChI is InChI=1S/C5H7NO2/c1-4-2-7-3-5(4)8-6-1/h1,4-5H,2-3H2. The molecule has 0 bridgehead atoms. The zero-order valence-corrected chi connectivity index (χ0v) is 4.41. The molecule has 0 N–H and O–H groups in total. The van der Waals surface area contributed by atoms with Crippen LogP contribution in [0.25, 0.3) is 0 Å². The highest BCUT2D eigenvalue weighted by molar-refractivity contribution is 5.63. The minimum atomic E-state index is 0.231. The first-order valence-corrected chi connectivity index (χ1v) is 2.74. The van der Waals surface area contributed by atoms with Crippen LogP contribution >= 0.6 is 0 Å². The Bertz CT molecular complexity index is 124. The van der Waals surface area contributed by atoms with E-state index < -0.39 is 0 Å². The highest BCUT2D eigenvalue weighted by Gasteiger charge is 2.32. The molecule has 0 aromatic carbocycles. The van der Waals surface area contributed by atoms with Crippen LogP contribution in [0.5, 0.6) is 0 Å². The van der Waals surface area contributed by atoms with Crippen LogP contribution in [0.15, 0.2) is 5.16 Å². The Hall–Kier alpha value is -0.570. The Morgan fingerprint density at radius 3 is 3.38 bits per heavy atom. The second kappa shape index (κ2) is 1.45. The van der Waals surface area contributed by atoms with Crippen molar-refractivity contribution in [1.29, 1.82) is 0 Å². The van der Waals surface area contributed by atoms with Crippen LogP contribution in [-0.2, 0) is 9.57 Å². The first-order valence-electron chi connectivity index (χ1n) is 2.74. The van der Waals surface area contributed by atoms with E-state index in [1.165, 1.54) is 0 Å². The van der Waals surface area contributed by atoms with E-state index in [4.69, 9.17) is 9.57 Å². The lowest BCUT2D eigenvalue weighted by Crippen LogP contribution is -2.14. The number of rotatable bonds is 0. The number of oxime groups is 1. The predicted octanol–water partition coefficient (Wildman–Crippen LogP) is 0.0174. The van der Waals surface area contributed by atoms with Gasteiger partial charge in [-0.1, -0.05) is 5.16 Å². The normalized spacial score (nSPS) is 42.0. The molecule has 1 saturated heterocycles. The van der Waals surface area contributed by atoms with Crippen molar-refractivity contribution in [3.05, 3.63) is 0 Å². The fourth-order valence-electron chi connectivity index (χ4n) is 0.990. The number of ether oxygens (including phenoxy) is 1. The number of fused-ring (bicyclic) bond motifs is 1. The molecule has 3 heteroatoms. The molecule has 2 aliphatic rings. The van der Waals surface area contributed by atoms with Gasteiger partial charge in [0.15, 0.2) is 6.10 Å². The zero-order chi connectivity index (χ0) is 5.40. The number of hydrogen-bond acceptors (Lipinski definition) is 3. The van der Waals surface area contributed by atoms with Crippen molar-refractivity contribution in [2.75, 3.05) is 13.2 Å². The molecular formula is C5H7NO2. The van der Waals surface area contributed by atoms with E-state index in [-0.39, 0.29) is 6.10 Å². The molecular weight excluding hydrogens is 106 g/mol. The molecule has 8 heavy (non-hydrogen) atoms. The molecule has 0 aromatic rings. The summed E-state index contributed by atoms with van der Waals surface area (Å²) in [6, 6.07) is 0. The molecule has 44 valence electrons. The van der Waals surface area contributed by atoms with Crippen LogP contribution in [0.1, 0.15) is 0 Å². The molecule has 0 amide bonds. The van der Waals surface area contributed by atoms with Gasteiger partial charge in [-0.05, 0) is 0 Å². The average molecular weight is 113 g/mol. The molecule has 3 nitrogen and oxygen atoms in total. The molecule has 2 rings (SSSR count). The van der Waals surface area contributed by atoms with Gasteiger partial charge in [0.1, 0.15) is 0 Å². The van der Waals surface area contributed by atoms with Crippen LogP contribution in [0.4, 0.5) is 0 Å². The van der Waals surface area contributed by atoms with Gasteiger partial charge in [0.25, 0.3) is 0 Å². The Labute approximate surface area is 47.3 Å². The topological polar surface area (TPSA) is 30.8 Å². The molecule has 1 fully saturated rings. The van der Waals surface area contributed by atoms with Crippen molar-refractivity contribution < 1.29 is 9.57 Å². The van der Waals surface area contributed by atoms with E-state index in [2.05, 4.69) is 5.16 Å². The van der Waals surface area contributed by atoms with Crippen molar-refractivity contribution in [3.8, 4) is 0 Å². The van der Waals surface area contributed by atoms with Gasteiger partial charge in [0, 0.05) is 0 Å². The fourth-order valence-corrected chi connectivity index (χ4v) is 0.990. The van der Waals surface area contributed by atoms with Crippen LogP contribution in [0.3, 0.4) is 0 Å². The van der Waals surface area contributed by atoms with Crippen molar-refractivity contribution in [2.45, 2.75) is 6.10 Å². The predicted molar refractivity (Wildman–Crippen MR) is 27.7 cm³/mol. The van der Waals surface area contributed by atoms with Crippen molar-refractivity contribution in [2.24, 2.45) is 11.1 Å². The molecule has 0 aliphatic carbocycles. The summed E-state index contributed by atoms with van der Waals surface area (Å²) >= 11 is 0. The van der Waals surface area contributed by atoms with Gasteiger partial charge in [0.2, 0.25) is 0 Å². The van der Waals surface area contributed by atoms with E-state index in [1.54, 1.807) is 0 Å². The van der Waals surface area contributed by atoms with E-state index in [1.807, 2.05) is 6.21 Å². The maximum Gasteiger partial charge on any atom is 0.160 e. The summed E-state index contributed by atoms with van der Waals surface area (Å²) in [5, 5.41) is 3.66. The van der Waals surface area contributed by atoms with Crippen molar-refractivity contribution in [3.63, 3.8) is 0 Å². The molecule has 2 heterocycles. The first kappa shape index (κ1) is 4.32. The maximum atomic E-state index is 5.10. The molecule has 2 unspecified atom stereocenters. The zero-order valence-electron chi connectivity index (χ0n) is 4.41. The summed E-state index contributed by atoms with van der Waals surface area (Å²) in [7, 11) is 0. The molecule has 0 radical (unpaired) electrons. The Morgan fingerprint density at radius 2 is 2.50 bits per heavy atom. The van der Waals surface area contributed by atoms with Crippen LogP contribution in [0.2, 0.25) is 0 Å². The molecule has 2 aliphatic heterocycles. The lowest BCUT2D eigenvalue weighted by Gasteiger charge is -1.99. The minimum Gasteiger partial charge on any atom is -0.390 e. The van der Waals surface area contributed by atoms with Crippen molar-refractivity contribution >= 4 is 6.21 Å². The Morgan fingerprint density at radius 1 is 1.50 bits per heavy atom. The van der Waals surface area contributed by atoms with E-state index >= 15 is 0 Å². The monoisotopic (exact) mass is 113 g/mol. The SMILES string of the molecule is C1=NOC2COCC12. The van der Waals surface area contributed by atoms with Crippen molar-refractivity contribution in [1.82, 2.24) is 0 Å². The highest BCUT2D eigenvalue weighted by atomic mass is 16.7. The first-order chi connectivity index (χ1) is 3.97. The summed E-state index contributed by atoms with van der Waals surface area (Å²) in [5.74, 6) is 0.440. The third-order valence-corrected chi connectivity index (χ3v) is 1.52. The largest absolute Gasteiger partial charge is 0.390 e. The molecule has 2 atom stereocenters. The lowest BCUT2D eigenvalue weighted by atomic mass is 10.1. The summed E-state index contributed by atoms with van der Waals surface area (Å²) in [4.78, 5) is 4.92. The quantitative estimate of drug-likeness (QED) is 0.443. The number of nitrogens with zero attached hydrogens (tertiary/aromatic N) is 1. The van der Waals surface area contributed by atoms with Gasteiger partial charge in [-0.25, -0.2) is 0 Å². The molecule has 0 spiro atoms. The highest BCUT2D eigenvalue weighted by Crippen LogP contribution is 2.19. The Kier molecular flexibility index (Phi) is 0.784. The van der Waals surface area contributed by atoms with E-state index in [0.717, 1.165) is 6.61 Å². The third-order valence-electron chi connectivity index (χ3n) is 1.52. The Balaban J connectivity index is 2.13. The van der Waals surface area contributed by atoms with Crippen LogP contribution in [0, 0.1) is 5.92 Å². The summed E-state index contributed by atoms with van der Waals surface area (Å²) in [5.41, 5.74) is 0. The summed E-state index contributed by atoms with van der Waals surface area (Å²) in [6.45, 7) is 1.50. The summed E-state index contributed by atoms with van der Waals surface area (Å²) < 4.78 is 5.10. The molecule has 0 saturated carbocycles. The molecule has 0 aromatic heterocycles. The minimum absolute atomic E-state index is 0.231. The average Bonchev–Trinajstić information content (AvgIpc) is 2.15. The van der Waals surface area contributed by atoms with Gasteiger partial charge in [-0.3, -0.25) is 0 Å². The van der Waals surface area contributed by atoms with Gasteiger partial charge >= 0.3 is 0 Å². The number of hydrogen-bond donors (Lipinski definition) is 0. The van der Waals surface area contributed by atoms with Crippen LogP contribution in [-0.4, -0.2) is 25.5 Å². The second-order valence-electron chi connectivity index (χ2n) is 2.10. The van der Waals surface area contributed by atoms with Gasteiger partial charge in [-0.2, -0.15) is 0 Å². The lowest BCUT2D eigenvalue weighted by molar-refractivity contribution is 0.0559.